The largest absolute Gasteiger partial charge is 0.495 e. The lowest BCUT2D eigenvalue weighted by Crippen LogP contribution is -2.46. The summed E-state index contributed by atoms with van der Waals surface area (Å²) in [5.41, 5.74) is 1.83. The summed E-state index contributed by atoms with van der Waals surface area (Å²) in [7, 11) is 3.36. The highest BCUT2D eigenvalue weighted by molar-refractivity contribution is 7.20. The first-order chi connectivity index (χ1) is 20.6. The number of anilines is 2. The van der Waals surface area contributed by atoms with Gasteiger partial charge in [-0.3, -0.25) is 4.79 Å². The summed E-state index contributed by atoms with van der Waals surface area (Å²) in [6.45, 7) is 3.22. The summed E-state index contributed by atoms with van der Waals surface area (Å²) in [6, 6.07) is 9.79. The zero-order valence-electron chi connectivity index (χ0n) is 24.0. The number of rotatable bonds is 7. The Balaban J connectivity index is 1.35. The number of piperidine rings is 1. The van der Waals surface area contributed by atoms with Crippen LogP contribution in [-0.4, -0.2) is 94.2 Å². The summed E-state index contributed by atoms with van der Waals surface area (Å²) in [6.07, 6.45) is -6.02. The smallest absolute Gasteiger partial charge is 0.393 e. The molecule has 2 aliphatic heterocycles. The van der Waals surface area contributed by atoms with Crippen molar-refractivity contribution in [1.82, 2.24) is 9.80 Å². The second-order valence-corrected chi connectivity index (χ2v) is 11.7. The molecule has 1 aromatic heterocycles. The first kappa shape index (κ1) is 30.9. The lowest BCUT2D eigenvalue weighted by Gasteiger charge is -2.33. The minimum absolute atomic E-state index is 0.110. The van der Waals surface area contributed by atoms with E-state index in [1.54, 1.807) is 41.3 Å². The van der Waals surface area contributed by atoms with Crippen LogP contribution in [0.5, 0.6) is 5.75 Å². The molecule has 2 saturated heterocycles. The molecule has 2 fully saturated rings. The molecule has 2 N–H and O–H groups in total. The van der Waals surface area contributed by atoms with E-state index < -0.39 is 24.8 Å². The summed E-state index contributed by atoms with van der Waals surface area (Å²) < 4.78 is 67.0. The molecule has 43 heavy (non-hydrogen) atoms. The van der Waals surface area contributed by atoms with Crippen molar-refractivity contribution in [3.8, 4) is 17.6 Å². The van der Waals surface area contributed by atoms with Gasteiger partial charge >= 0.3 is 6.18 Å². The van der Waals surface area contributed by atoms with Crippen LogP contribution in [0, 0.1) is 11.8 Å². The third-order valence-corrected chi connectivity index (χ3v) is 8.79. The van der Waals surface area contributed by atoms with Crippen molar-refractivity contribution in [2.24, 2.45) is 0 Å². The van der Waals surface area contributed by atoms with E-state index >= 15 is 0 Å². The molecule has 2 atom stereocenters. The van der Waals surface area contributed by atoms with Crippen LogP contribution in [0.2, 0.25) is 0 Å². The van der Waals surface area contributed by atoms with E-state index in [0.717, 1.165) is 6.54 Å². The molecule has 2 aliphatic rings. The number of carbonyl (C=O) groups is 1. The van der Waals surface area contributed by atoms with E-state index in [0.29, 0.717) is 76.9 Å². The number of nitrogens with zero attached hydrogens (tertiary/aromatic N) is 2. The van der Waals surface area contributed by atoms with Gasteiger partial charge in [-0.2, -0.15) is 13.2 Å². The number of amides is 1. The fraction of sp³-hybridized carbons (Fsp3) is 0.452. The van der Waals surface area contributed by atoms with Gasteiger partial charge in [-0.1, -0.05) is 24.0 Å². The number of nitrogens with one attached hydrogen (secondary N) is 2. The molecule has 0 aliphatic carbocycles. The molecule has 230 valence electrons. The van der Waals surface area contributed by atoms with Crippen LogP contribution < -0.4 is 15.4 Å². The van der Waals surface area contributed by atoms with Crippen LogP contribution >= 0.6 is 11.3 Å². The Bertz CT molecular complexity index is 1510. The number of hydrogen-bond acceptors (Lipinski definition) is 7. The molecule has 2 aromatic carbocycles. The molecule has 2 unspecified atom stereocenters. The molecule has 5 rings (SSSR count). The molecule has 0 bridgehead atoms. The molecule has 3 aromatic rings. The molecule has 0 spiro atoms. The van der Waals surface area contributed by atoms with E-state index in [-0.39, 0.29) is 18.0 Å². The maximum Gasteiger partial charge on any atom is 0.393 e. The highest BCUT2D eigenvalue weighted by Crippen LogP contribution is 2.39. The van der Waals surface area contributed by atoms with E-state index in [1.807, 2.05) is 11.9 Å². The first-order valence-electron chi connectivity index (χ1n) is 14.1. The number of halogens is 4. The molecule has 12 heteroatoms. The number of thiophene rings is 1. The zero-order valence-corrected chi connectivity index (χ0v) is 24.8. The van der Waals surface area contributed by atoms with Crippen molar-refractivity contribution in [2.75, 3.05) is 70.7 Å². The first-order valence-corrected chi connectivity index (χ1v) is 14.9. The summed E-state index contributed by atoms with van der Waals surface area (Å²) in [5, 5.41) is 6.86. The Morgan fingerprint density at radius 3 is 2.67 bits per heavy atom. The minimum atomic E-state index is -4.42. The highest BCUT2D eigenvalue weighted by atomic mass is 32.1. The lowest BCUT2D eigenvalue weighted by atomic mass is 10.0. The topological polar surface area (TPSA) is 66.1 Å². The number of ether oxygens (including phenoxy) is 2. The summed E-state index contributed by atoms with van der Waals surface area (Å²) >= 11 is 1.18. The van der Waals surface area contributed by atoms with Gasteiger partial charge in [0.25, 0.3) is 5.91 Å². The van der Waals surface area contributed by atoms with Crippen LogP contribution in [0.4, 0.5) is 28.9 Å². The summed E-state index contributed by atoms with van der Waals surface area (Å²) in [4.78, 5) is 16.8. The fourth-order valence-corrected chi connectivity index (χ4v) is 6.53. The Hall–Kier alpha value is -3.53. The lowest BCUT2D eigenvalue weighted by molar-refractivity contribution is -0.126. The second kappa shape index (κ2) is 13.4. The number of methoxy groups -OCH3 is 1. The van der Waals surface area contributed by atoms with Gasteiger partial charge in [0.15, 0.2) is 0 Å². The van der Waals surface area contributed by atoms with Gasteiger partial charge in [-0.25, -0.2) is 4.39 Å². The van der Waals surface area contributed by atoms with Gasteiger partial charge in [0, 0.05) is 31.7 Å². The molecule has 1 amide bonds. The van der Waals surface area contributed by atoms with E-state index in [9.17, 15) is 22.4 Å². The predicted octanol–water partition coefficient (Wildman–Crippen LogP) is 5.40. The Kier molecular flexibility index (Phi) is 9.64. The Labute approximate surface area is 252 Å². The molecule has 7 nitrogen and oxygen atoms in total. The van der Waals surface area contributed by atoms with Gasteiger partial charge < -0.3 is 29.9 Å². The van der Waals surface area contributed by atoms with Crippen molar-refractivity contribution in [3.63, 3.8) is 0 Å². The molecule has 3 heterocycles. The van der Waals surface area contributed by atoms with Crippen molar-refractivity contribution in [2.45, 2.75) is 31.2 Å². The van der Waals surface area contributed by atoms with Gasteiger partial charge in [-0.15, -0.1) is 11.3 Å². The summed E-state index contributed by atoms with van der Waals surface area (Å²) in [5.74, 6) is 6.22. The number of likely N-dealkylation sites (tertiary alicyclic amines) is 1. The third kappa shape index (κ3) is 7.52. The quantitative estimate of drug-likeness (QED) is 0.273. The molecular weight excluding hydrogens is 584 g/mol. The maximum atomic E-state index is 14.7. The maximum absolute atomic E-state index is 14.7. The number of alkyl halides is 4. The van der Waals surface area contributed by atoms with Crippen molar-refractivity contribution in [3.05, 3.63) is 52.4 Å². The Morgan fingerprint density at radius 1 is 1.16 bits per heavy atom. The predicted molar refractivity (Wildman–Crippen MR) is 161 cm³/mol. The monoisotopic (exact) mass is 618 g/mol. The number of morpholine rings is 1. The second-order valence-electron chi connectivity index (χ2n) is 10.7. The van der Waals surface area contributed by atoms with Crippen LogP contribution in [0.1, 0.15) is 27.2 Å². The van der Waals surface area contributed by atoms with Crippen LogP contribution in [0.15, 0.2) is 36.4 Å². The standard InChI is InChI=1S/C31H34F4N4O3S/c1-38-12-10-24(23(32)19-38)37-26-6-3-5-21-22(18-31(33,34)35)28(43-29(21)26)7-4-11-36-25-9-8-20(17-27(25)41-2)30(40)39-13-15-42-16-14-39/h3,5-6,8-9,17,23-24,36-37H,10-16,18-19H2,1-2H3. The van der Waals surface area contributed by atoms with Gasteiger partial charge in [0.05, 0.1) is 60.3 Å². The van der Waals surface area contributed by atoms with Crippen LogP contribution in [-0.2, 0) is 11.2 Å². The fourth-order valence-electron chi connectivity index (χ4n) is 5.36. The van der Waals surface area contributed by atoms with E-state index in [2.05, 4.69) is 22.5 Å². The van der Waals surface area contributed by atoms with E-state index in [1.165, 1.54) is 18.4 Å². The number of benzene rings is 2. The molecule has 0 radical (unpaired) electrons. The van der Waals surface area contributed by atoms with Gasteiger partial charge in [-0.05, 0) is 48.7 Å². The number of hydrogen-bond donors (Lipinski definition) is 2. The van der Waals surface area contributed by atoms with Crippen molar-refractivity contribution < 1.29 is 31.8 Å². The van der Waals surface area contributed by atoms with Crippen LogP contribution in [0.25, 0.3) is 10.1 Å². The average Bonchev–Trinajstić information content (AvgIpc) is 3.33. The van der Waals surface area contributed by atoms with Crippen molar-refractivity contribution in [1.29, 1.82) is 0 Å². The highest BCUT2D eigenvalue weighted by Gasteiger charge is 2.32. The molecule has 0 saturated carbocycles. The third-order valence-electron chi connectivity index (χ3n) is 7.60. The van der Waals surface area contributed by atoms with E-state index in [4.69, 9.17) is 9.47 Å². The number of carbonyl (C=O) groups excluding carboxylic acids is 1. The minimum Gasteiger partial charge on any atom is -0.495 e. The normalized spacial score (nSPS) is 19.5. The van der Waals surface area contributed by atoms with Gasteiger partial charge in [0.2, 0.25) is 0 Å². The Morgan fingerprint density at radius 2 is 1.95 bits per heavy atom. The average molecular weight is 619 g/mol. The molecular formula is C31H34F4N4O3S. The van der Waals surface area contributed by atoms with Crippen LogP contribution in [0.3, 0.4) is 0 Å². The van der Waals surface area contributed by atoms with Crippen molar-refractivity contribution >= 4 is 38.7 Å². The van der Waals surface area contributed by atoms with Gasteiger partial charge in [0.1, 0.15) is 11.9 Å². The zero-order chi connectivity index (χ0) is 30.6. The number of fused-ring (bicyclic) bond motifs is 1. The SMILES string of the molecule is COc1cc(C(=O)N2CCOCC2)ccc1NCC#Cc1sc2c(NC3CCN(C)CC3F)cccc2c1CC(F)(F)F.